The molecule has 1 unspecified atom stereocenters. The average molecular weight is 299 g/mol. The maximum atomic E-state index is 10.9. The third kappa shape index (κ3) is 2.34. The summed E-state index contributed by atoms with van der Waals surface area (Å²) in [6.07, 6.45) is 1.22. The fourth-order valence-electron chi connectivity index (χ4n) is 2.20. The molecule has 0 aliphatic rings. The summed E-state index contributed by atoms with van der Waals surface area (Å²) >= 11 is 0. The monoisotopic (exact) mass is 299 g/mol. The summed E-state index contributed by atoms with van der Waals surface area (Å²) in [6.45, 7) is 3.43. The topological polar surface area (TPSA) is 99.9 Å². The van der Waals surface area contributed by atoms with Crippen LogP contribution in [0.4, 0.5) is 5.69 Å². The largest absolute Gasteiger partial charge is 0.337 e. The van der Waals surface area contributed by atoms with Gasteiger partial charge in [-0.1, -0.05) is 35.5 Å². The molecule has 0 fully saturated rings. The number of hydrogen-bond donors (Lipinski definition) is 0. The molecule has 1 aromatic carbocycles. The van der Waals surface area contributed by atoms with Gasteiger partial charge in [0.25, 0.3) is 5.89 Å². The van der Waals surface area contributed by atoms with Crippen LogP contribution in [0.1, 0.15) is 24.6 Å². The SMILES string of the molecule is Cc1c([N+](=O)[O-])cnn1C(C)c1nc(-c2ccccc2)no1. The van der Waals surface area contributed by atoms with E-state index in [0.29, 0.717) is 17.4 Å². The zero-order valence-electron chi connectivity index (χ0n) is 12.0. The lowest BCUT2D eigenvalue weighted by Crippen LogP contribution is -2.10. The molecule has 0 N–H and O–H groups in total. The predicted molar refractivity (Wildman–Crippen MR) is 77.2 cm³/mol. The van der Waals surface area contributed by atoms with Gasteiger partial charge in [-0.05, 0) is 13.8 Å². The van der Waals surface area contributed by atoms with Gasteiger partial charge in [0.15, 0.2) is 0 Å². The van der Waals surface area contributed by atoms with Crippen LogP contribution in [0.5, 0.6) is 0 Å². The Hall–Kier alpha value is -3.03. The van der Waals surface area contributed by atoms with Gasteiger partial charge in [0.1, 0.15) is 17.9 Å². The highest BCUT2D eigenvalue weighted by atomic mass is 16.6. The third-order valence-corrected chi connectivity index (χ3v) is 3.41. The summed E-state index contributed by atoms with van der Waals surface area (Å²) < 4.78 is 6.77. The molecule has 0 amide bonds. The Labute approximate surface area is 125 Å². The fraction of sp³-hybridized carbons (Fsp3) is 0.214. The van der Waals surface area contributed by atoms with Crippen molar-refractivity contribution in [3.63, 3.8) is 0 Å². The number of hydrogen-bond acceptors (Lipinski definition) is 6. The minimum absolute atomic E-state index is 0.0327. The van der Waals surface area contributed by atoms with E-state index < -0.39 is 11.0 Å². The third-order valence-electron chi connectivity index (χ3n) is 3.41. The number of aromatic nitrogens is 4. The van der Waals surface area contributed by atoms with E-state index in [-0.39, 0.29) is 5.69 Å². The number of nitro groups is 1. The second-order valence-corrected chi connectivity index (χ2v) is 4.82. The molecular weight excluding hydrogens is 286 g/mol. The first-order chi connectivity index (χ1) is 10.6. The molecule has 0 aliphatic heterocycles. The van der Waals surface area contributed by atoms with Crippen LogP contribution in [0.2, 0.25) is 0 Å². The van der Waals surface area contributed by atoms with E-state index in [4.69, 9.17) is 4.52 Å². The van der Waals surface area contributed by atoms with Crippen molar-refractivity contribution in [2.45, 2.75) is 19.9 Å². The lowest BCUT2D eigenvalue weighted by Gasteiger charge is -2.08. The molecule has 0 saturated carbocycles. The van der Waals surface area contributed by atoms with Crippen molar-refractivity contribution in [2.75, 3.05) is 0 Å². The summed E-state index contributed by atoms with van der Waals surface area (Å²) in [5, 5.41) is 18.9. The lowest BCUT2D eigenvalue weighted by molar-refractivity contribution is -0.385. The van der Waals surface area contributed by atoms with Crippen molar-refractivity contribution in [3.8, 4) is 11.4 Å². The Bertz CT molecular complexity index is 809. The van der Waals surface area contributed by atoms with Crippen LogP contribution in [0.3, 0.4) is 0 Å². The van der Waals surface area contributed by atoms with Crippen LogP contribution in [0, 0.1) is 17.0 Å². The van der Waals surface area contributed by atoms with Gasteiger partial charge in [-0.25, -0.2) is 0 Å². The average Bonchev–Trinajstić information content (AvgIpc) is 3.14. The summed E-state index contributed by atoms with van der Waals surface area (Å²) in [5.74, 6) is 0.821. The van der Waals surface area contributed by atoms with Gasteiger partial charge in [0.2, 0.25) is 5.82 Å². The highest BCUT2D eigenvalue weighted by Gasteiger charge is 2.24. The molecule has 22 heavy (non-hydrogen) atoms. The van der Waals surface area contributed by atoms with E-state index in [1.54, 1.807) is 13.8 Å². The molecule has 112 valence electrons. The van der Waals surface area contributed by atoms with Crippen LogP contribution in [-0.4, -0.2) is 24.8 Å². The normalized spacial score (nSPS) is 12.3. The molecule has 3 rings (SSSR count). The van der Waals surface area contributed by atoms with Crippen molar-refractivity contribution < 1.29 is 9.45 Å². The highest BCUT2D eigenvalue weighted by molar-refractivity contribution is 5.53. The molecule has 0 saturated heterocycles. The first-order valence-corrected chi connectivity index (χ1v) is 6.65. The maximum absolute atomic E-state index is 10.9. The minimum atomic E-state index is -0.464. The van der Waals surface area contributed by atoms with Gasteiger partial charge in [0, 0.05) is 5.56 Å². The van der Waals surface area contributed by atoms with Crippen LogP contribution >= 0.6 is 0 Å². The second kappa shape index (κ2) is 5.40. The van der Waals surface area contributed by atoms with Gasteiger partial charge in [0.05, 0.1) is 4.92 Å². The molecule has 2 aromatic heterocycles. The van der Waals surface area contributed by atoms with Crippen LogP contribution in [0.25, 0.3) is 11.4 Å². The molecule has 0 radical (unpaired) electrons. The Morgan fingerprint density at radius 3 is 2.68 bits per heavy atom. The van der Waals surface area contributed by atoms with Crippen molar-refractivity contribution in [2.24, 2.45) is 0 Å². The molecule has 0 aliphatic carbocycles. The summed E-state index contributed by atoms with van der Waals surface area (Å²) in [4.78, 5) is 14.8. The highest BCUT2D eigenvalue weighted by Crippen LogP contribution is 2.25. The van der Waals surface area contributed by atoms with Gasteiger partial charge < -0.3 is 4.52 Å². The molecule has 8 nitrogen and oxygen atoms in total. The van der Waals surface area contributed by atoms with Crippen molar-refractivity contribution in [1.82, 2.24) is 19.9 Å². The Kier molecular flexibility index (Phi) is 3.42. The summed E-state index contributed by atoms with van der Waals surface area (Å²) in [5.41, 5.74) is 1.25. The summed E-state index contributed by atoms with van der Waals surface area (Å²) in [7, 11) is 0. The standard InChI is InChI=1S/C14H13N5O3/c1-9-12(19(20)21)8-15-18(9)10(2)14-16-13(17-22-14)11-6-4-3-5-7-11/h3-8,10H,1-2H3. The second-order valence-electron chi connectivity index (χ2n) is 4.82. The van der Waals surface area contributed by atoms with E-state index in [1.165, 1.54) is 10.9 Å². The van der Waals surface area contributed by atoms with Crippen molar-refractivity contribution in [1.29, 1.82) is 0 Å². The Morgan fingerprint density at radius 2 is 2.05 bits per heavy atom. The molecule has 2 heterocycles. The zero-order chi connectivity index (χ0) is 15.7. The molecule has 0 spiro atoms. The maximum Gasteiger partial charge on any atom is 0.309 e. The van der Waals surface area contributed by atoms with Gasteiger partial charge in [-0.2, -0.15) is 10.1 Å². The van der Waals surface area contributed by atoms with E-state index in [0.717, 1.165) is 5.56 Å². The number of benzene rings is 1. The van der Waals surface area contributed by atoms with Crippen LogP contribution < -0.4 is 0 Å². The van der Waals surface area contributed by atoms with Gasteiger partial charge >= 0.3 is 5.69 Å². The number of rotatable bonds is 4. The zero-order valence-corrected chi connectivity index (χ0v) is 12.0. The molecule has 1 atom stereocenters. The molecule has 3 aromatic rings. The van der Waals surface area contributed by atoms with Crippen molar-refractivity contribution >= 4 is 5.69 Å². The van der Waals surface area contributed by atoms with E-state index in [9.17, 15) is 10.1 Å². The Balaban J connectivity index is 1.92. The van der Waals surface area contributed by atoms with Gasteiger partial charge in [-0.15, -0.1) is 0 Å². The molecule has 8 heteroatoms. The minimum Gasteiger partial charge on any atom is -0.337 e. The first-order valence-electron chi connectivity index (χ1n) is 6.65. The molecule has 0 bridgehead atoms. The quantitative estimate of drug-likeness (QED) is 0.542. The lowest BCUT2D eigenvalue weighted by atomic mass is 10.2. The van der Waals surface area contributed by atoms with Gasteiger partial charge in [-0.3, -0.25) is 14.8 Å². The van der Waals surface area contributed by atoms with Crippen molar-refractivity contribution in [3.05, 3.63) is 58.2 Å². The van der Waals surface area contributed by atoms with E-state index in [2.05, 4.69) is 15.2 Å². The predicted octanol–water partition coefficient (Wildman–Crippen LogP) is 2.76. The van der Waals surface area contributed by atoms with Crippen LogP contribution in [-0.2, 0) is 0 Å². The number of nitrogens with zero attached hydrogens (tertiary/aromatic N) is 5. The first kappa shape index (κ1) is 13.9. The van der Waals surface area contributed by atoms with Crippen LogP contribution in [0.15, 0.2) is 41.1 Å². The van der Waals surface area contributed by atoms with E-state index >= 15 is 0 Å². The summed E-state index contributed by atoms with van der Waals surface area (Å²) in [6, 6.07) is 9.04. The van der Waals surface area contributed by atoms with E-state index in [1.807, 2.05) is 30.3 Å². The fourth-order valence-corrected chi connectivity index (χ4v) is 2.20. The molecular formula is C14H13N5O3. The Morgan fingerprint density at radius 1 is 1.32 bits per heavy atom. The smallest absolute Gasteiger partial charge is 0.309 e.